The van der Waals surface area contributed by atoms with Crippen molar-refractivity contribution in [2.45, 2.75) is 31.8 Å². The van der Waals surface area contributed by atoms with E-state index >= 15 is 0 Å². The highest BCUT2D eigenvalue weighted by atomic mass is 16.3. The Hall–Kier alpha value is -2.22. The Bertz CT molecular complexity index is 700. The molecular formula is C14H20N6O2. The number of nitrogens with one attached hydrogen (secondary N) is 1. The predicted octanol–water partition coefficient (Wildman–Crippen LogP) is -0.0999. The van der Waals surface area contributed by atoms with Gasteiger partial charge in [0.2, 0.25) is 5.91 Å². The maximum Gasteiger partial charge on any atom is 0.222 e. The summed E-state index contributed by atoms with van der Waals surface area (Å²) in [5, 5.41) is 21.9. The summed E-state index contributed by atoms with van der Waals surface area (Å²) in [6.07, 6.45) is 1.52. The fourth-order valence-electron chi connectivity index (χ4n) is 2.89. The van der Waals surface area contributed by atoms with E-state index in [4.69, 9.17) is 0 Å². The second-order valence-electron chi connectivity index (χ2n) is 5.80. The lowest BCUT2D eigenvalue weighted by Crippen LogP contribution is -2.50. The highest BCUT2D eigenvalue weighted by Gasteiger charge is 2.35. The molecule has 0 aromatic carbocycles. The second kappa shape index (κ2) is 5.53. The Balaban J connectivity index is 1.81. The van der Waals surface area contributed by atoms with E-state index in [1.807, 2.05) is 24.0 Å². The third-order valence-corrected chi connectivity index (χ3v) is 3.95. The van der Waals surface area contributed by atoms with Gasteiger partial charge in [0, 0.05) is 20.1 Å². The third kappa shape index (κ3) is 2.87. The molecule has 0 radical (unpaired) electrons. The van der Waals surface area contributed by atoms with E-state index in [1.165, 1.54) is 4.63 Å². The number of hydrogen-bond donors (Lipinski definition) is 2. The second-order valence-corrected chi connectivity index (χ2v) is 5.80. The van der Waals surface area contributed by atoms with Gasteiger partial charge < -0.3 is 15.3 Å². The van der Waals surface area contributed by atoms with Gasteiger partial charge in [0.15, 0.2) is 11.5 Å². The van der Waals surface area contributed by atoms with E-state index in [-0.39, 0.29) is 12.3 Å². The first kappa shape index (κ1) is 14.7. The summed E-state index contributed by atoms with van der Waals surface area (Å²) >= 11 is 0. The fourth-order valence-corrected chi connectivity index (χ4v) is 2.89. The number of carbonyl (C=O) groups is 1. The van der Waals surface area contributed by atoms with Gasteiger partial charge >= 0.3 is 0 Å². The van der Waals surface area contributed by atoms with Crippen molar-refractivity contribution in [2.75, 3.05) is 25.0 Å². The van der Waals surface area contributed by atoms with Crippen LogP contribution in [-0.4, -0.2) is 56.6 Å². The quantitative estimate of drug-likeness (QED) is 0.822. The molecule has 118 valence electrons. The molecule has 22 heavy (non-hydrogen) atoms. The van der Waals surface area contributed by atoms with Crippen molar-refractivity contribution in [2.24, 2.45) is 0 Å². The molecule has 1 unspecified atom stereocenters. The molecular weight excluding hydrogens is 284 g/mol. The van der Waals surface area contributed by atoms with E-state index in [9.17, 15) is 9.90 Å². The zero-order valence-corrected chi connectivity index (χ0v) is 12.8. The van der Waals surface area contributed by atoms with Crippen LogP contribution in [0.4, 0.5) is 5.82 Å². The number of carbonyl (C=O) groups excluding carboxylic acids is 1. The fraction of sp³-hybridized carbons (Fsp3) is 0.571. The molecule has 0 saturated carbocycles. The van der Waals surface area contributed by atoms with Crippen molar-refractivity contribution in [3.05, 3.63) is 18.0 Å². The lowest BCUT2D eigenvalue weighted by atomic mass is 9.89. The smallest absolute Gasteiger partial charge is 0.222 e. The van der Waals surface area contributed by atoms with Crippen LogP contribution in [-0.2, 0) is 4.79 Å². The molecule has 1 fully saturated rings. The van der Waals surface area contributed by atoms with Crippen LogP contribution in [0.25, 0.3) is 5.65 Å². The van der Waals surface area contributed by atoms with Crippen LogP contribution in [0.2, 0.25) is 0 Å². The number of hydrogen-bond acceptors (Lipinski definition) is 6. The van der Waals surface area contributed by atoms with Crippen molar-refractivity contribution in [1.29, 1.82) is 0 Å². The standard InChI is InChI=1S/C14H20N6O2/c1-10-16-11-4-5-12(18-20(11)17-10)19-7-3-6-14(22,9-19)8-13(21)15-2/h4-5,22H,3,6-9H2,1-2H3,(H,15,21). The number of aromatic nitrogens is 4. The average Bonchev–Trinajstić information content (AvgIpc) is 2.85. The van der Waals surface area contributed by atoms with Crippen LogP contribution in [0.3, 0.4) is 0 Å². The zero-order chi connectivity index (χ0) is 15.7. The predicted molar refractivity (Wildman–Crippen MR) is 80.6 cm³/mol. The van der Waals surface area contributed by atoms with Gasteiger partial charge in [-0.15, -0.1) is 14.8 Å². The number of aryl methyl sites for hydroxylation is 1. The van der Waals surface area contributed by atoms with Gasteiger partial charge in [-0.05, 0) is 31.9 Å². The highest BCUT2D eigenvalue weighted by molar-refractivity contribution is 5.76. The summed E-state index contributed by atoms with van der Waals surface area (Å²) in [5.41, 5.74) is -0.327. The first-order valence-corrected chi connectivity index (χ1v) is 7.38. The number of anilines is 1. The minimum Gasteiger partial charge on any atom is -0.388 e. The van der Waals surface area contributed by atoms with Gasteiger partial charge in [0.25, 0.3) is 0 Å². The molecule has 1 aliphatic rings. The number of nitrogens with zero attached hydrogens (tertiary/aromatic N) is 5. The Kier molecular flexibility index (Phi) is 3.69. The van der Waals surface area contributed by atoms with Gasteiger partial charge in [-0.1, -0.05) is 0 Å². The summed E-state index contributed by atoms with van der Waals surface area (Å²) in [4.78, 5) is 17.8. The minimum absolute atomic E-state index is 0.102. The molecule has 1 amide bonds. The van der Waals surface area contributed by atoms with Gasteiger partial charge in [-0.25, -0.2) is 4.98 Å². The van der Waals surface area contributed by atoms with Crippen molar-refractivity contribution in [1.82, 2.24) is 25.1 Å². The molecule has 0 spiro atoms. The number of β-amino-alcohol motifs (C(OH)–C–C–N with tert-alkyl or cyclic N) is 1. The molecule has 1 atom stereocenters. The molecule has 1 saturated heterocycles. The van der Waals surface area contributed by atoms with Crippen LogP contribution in [0, 0.1) is 6.92 Å². The summed E-state index contributed by atoms with van der Waals surface area (Å²) in [6.45, 7) is 2.99. The minimum atomic E-state index is -1.02. The van der Waals surface area contributed by atoms with Crippen molar-refractivity contribution < 1.29 is 9.90 Å². The summed E-state index contributed by atoms with van der Waals surface area (Å²) < 4.78 is 1.50. The van der Waals surface area contributed by atoms with Gasteiger partial charge in [0.1, 0.15) is 5.82 Å². The molecule has 8 nitrogen and oxygen atoms in total. The molecule has 2 aromatic rings. The molecule has 1 aliphatic heterocycles. The first-order valence-electron chi connectivity index (χ1n) is 7.38. The average molecular weight is 304 g/mol. The normalized spacial score (nSPS) is 22.0. The van der Waals surface area contributed by atoms with Crippen molar-refractivity contribution >= 4 is 17.4 Å². The highest BCUT2D eigenvalue weighted by Crippen LogP contribution is 2.27. The Morgan fingerprint density at radius 2 is 2.27 bits per heavy atom. The zero-order valence-electron chi connectivity index (χ0n) is 12.8. The topological polar surface area (TPSA) is 95.7 Å². The van der Waals surface area contributed by atoms with Gasteiger partial charge in [-0.3, -0.25) is 4.79 Å². The molecule has 3 rings (SSSR count). The SMILES string of the molecule is CNC(=O)CC1(O)CCCN(c2ccc3nc(C)nn3n2)C1. The van der Waals surface area contributed by atoms with E-state index in [0.717, 1.165) is 18.8 Å². The van der Waals surface area contributed by atoms with Crippen LogP contribution in [0.15, 0.2) is 12.1 Å². The first-order chi connectivity index (χ1) is 10.5. The third-order valence-electron chi connectivity index (χ3n) is 3.95. The molecule has 2 aromatic heterocycles. The molecule has 0 aliphatic carbocycles. The van der Waals surface area contributed by atoms with Crippen molar-refractivity contribution in [3.63, 3.8) is 0 Å². The maximum atomic E-state index is 11.6. The molecule has 2 N–H and O–H groups in total. The number of piperidine rings is 1. The van der Waals surface area contributed by atoms with Crippen molar-refractivity contribution in [3.8, 4) is 0 Å². The van der Waals surface area contributed by atoms with Gasteiger partial charge in [-0.2, -0.15) is 0 Å². The Morgan fingerprint density at radius 1 is 1.45 bits per heavy atom. The van der Waals surface area contributed by atoms with Crippen LogP contribution >= 0.6 is 0 Å². The van der Waals surface area contributed by atoms with Crippen LogP contribution in [0.5, 0.6) is 0 Å². The van der Waals surface area contributed by atoms with Crippen LogP contribution in [0.1, 0.15) is 25.1 Å². The van der Waals surface area contributed by atoms with Gasteiger partial charge in [0.05, 0.1) is 12.0 Å². The van der Waals surface area contributed by atoms with Crippen LogP contribution < -0.4 is 10.2 Å². The Morgan fingerprint density at radius 3 is 3.05 bits per heavy atom. The monoisotopic (exact) mass is 304 g/mol. The summed E-state index contributed by atoms with van der Waals surface area (Å²) in [6, 6.07) is 3.73. The number of fused-ring (bicyclic) bond motifs is 1. The number of amides is 1. The lowest BCUT2D eigenvalue weighted by molar-refractivity contribution is -0.125. The largest absolute Gasteiger partial charge is 0.388 e. The van der Waals surface area contributed by atoms with E-state index in [1.54, 1.807) is 7.05 Å². The number of rotatable bonds is 3. The summed E-state index contributed by atoms with van der Waals surface area (Å²) in [5.74, 6) is 1.24. The molecule has 8 heteroatoms. The molecule has 0 bridgehead atoms. The number of aliphatic hydroxyl groups is 1. The summed E-state index contributed by atoms with van der Waals surface area (Å²) in [7, 11) is 1.58. The van der Waals surface area contributed by atoms with E-state index in [0.29, 0.717) is 24.4 Å². The van der Waals surface area contributed by atoms with E-state index < -0.39 is 5.60 Å². The van der Waals surface area contributed by atoms with E-state index in [2.05, 4.69) is 20.5 Å². The lowest BCUT2D eigenvalue weighted by Gasteiger charge is -2.39. The molecule has 3 heterocycles. The maximum absolute atomic E-state index is 11.6. The Labute approximate surface area is 128 Å².